The maximum atomic E-state index is 13.6. The van der Waals surface area contributed by atoms with E-state index in [-0.39, 0.29) is 11.9 Å². The largest absolute Gasteiger partial charge is 0.397 e. The van der Waals surface area contributed by atoms with E-state index >= 15 is 0 Å². The van der Waals surface area contributed by atoms with Gasteiger partial charge in [0.05, 0.1) is 21.0 Å². The van der Waals surface area contributed by atoms with Crippen molar-refractivity contribution >= 4 is 45.3 Å². The highest BCUT2D eigenvalue weighted by Crippen LogP contribution is 2.29. The molecule has 0 bridgehead atoms. The van der Waals surface area contributed by atoms with Gasteiger partial charge in [-0.2, -0.15) is 0 Å². The van der Waals surface area contributed by atoms with Gasteiger partial charge < -0.3 is 11.1 Å². The van der Waals surface area contributed by atoms with E-state index in [9.17, 15) is 4.39 Å². The highest BCUT2D eigenvalue weighted by Gasteiger charge is 2.13. The van der Waals surface area contributed by atoms with E-state index < -0.39 is 0 Å². The van der Waals surface area contributed by atoms with Crippen LogP contribution in [-0.4, -0.2) is 4.98 Å². The van der Waals surface area contributed by atoms with Crippen LogP contribution < -0.4 is 11.1 Å². The van der Waals surface area contributed by atoms with Crippen LogP contribution >= 0.6 is 33.9 Å². The number of benzene rings is 1. The molecule has 102 valence electrons. The lowest BCUT2D eigenvalue weighted by molar-refractivity contribution is 0.620. The quantitative estimate of drug-likeness (QED) is 0.607. The number of hydrogen-bond donors (Lipinski definition) is 2. The van der Waals surface area contributed by atoms with E-state index in [0.717, 1.165) is 11.4 Å². The number of anilines is 2. The van der Waals surface area contributed by atoms with Crippen LogP contribution in [0, 0.1) is 9.39 Å². The molecule has 0 fully saturated rings. The van der Waals surface area contributed by atoms with Gasteiger partial charge in [-0.15, -0.1) is 11.3 Å². The van der Waals surface area contributed by atoms with E-state index in [1.807, 2.05) is 35.7 Å². The maximum absolute atomic E-state index is 13.6. The third kappa shape index (κ3) is 3.36. The van der Waals surface area contributed by atoms with Crippen molar-refractivity contribution in [3.63, 3.8) is 0 Å². The van der Waals surface area contributed by atoms with Gasteiger partial charge >= 0.3 is 0 Å². The van der Waals surface area contributed by atoms with Crippen molar-refractivity contribution in [3.8, 4) is 0 Å². The molecular formula is C13H15FIN3S. The highest BCUT2D eigenvalue weighted by atomic mass is 127. The lowest BCUT2D eigenvalue weighted by Crippen LogP contribution is -2.08. The molecule has 0 saturated carbocycles. The number of aromatic nitrogens is 1. The van der Waals surface area contributed by atoms with Gasteiger partial charge in [-0.05, 0) is 42.0 Å². The number of aryl methyl sites for hydroxylation is 1. The standard InChI is InChI=1S/C13H15FIN3S/c1-3-8-6-17-13(19-8)7(2)18-12-4-9(14)10(15)5-11(12)16/h4-7,18H,3,16H2,1-2H3. The van der Waals surface area contributed by atoms with Gasteiger partial charge in [-0.25, -0.2) is 9.37 Å². The average molecular weight is 391 g/mol. The van der Waals surface area contributed by atoms with Crippen molar-refractivity contribution in [2.45, 2.75) is 26.3 Å². The Morgan fingerprint density at radius 2 is 2.26 bits per heavy atom. The van der Waals surface area contributed by atoms with Crippen molar-refractivity contribution in [2.75, 3.05) is 11.1 Å². The molecule has 0 aliphatic carbocycles. The van der Waals surface area contributed by atoms with Crippen LogP contribution in [0.1, 0.15) is 29.8 Å². The number of nitrogens with zero attached hydrogens (tertiary/aromatic N) is 1. The highest BCUT2D eigenvalue weighted by molar-refractivity contribution is 14.1. The van der Waals surface area contributed by atoms with Gasteiger partial charge in [-0.3, -0.25) is 0 Å². The van der Waals surface area contributed by atoms with E-state index in [2.05, 4.69) is 17.2 Å². The van der Waals surface area contributed by atoms with Crippen LogP contribution in [0.15, 0.2) is 18.3 Å². The second-order valence-electron chi connectivity index (χ2n) is 4.24. The van der Waals surface area contributed by atoms with Gasteiger partial charge in [-0.1, -0.05) is 6.92 Å². The molecule has 3 N–H and O–H groups in total. The fraction of sp³-hybridized carbons (Fsp3) is 0.308. The molecule has 1 heterocycles. The molecule has 1 atom stereocenters. The Balaban J connectivity index is 2.18. The normalized spacial score (nSPS) is 12.4. The lowest BCUT2D eigenvalue weighted by Gasteiger charge is -2.15. The molecule has 0 spiro atoms. The molecule has 2 rings (SSSR count). The number of nitrogen functional groups attached to an aromatic ring is 1. The number of hydrogen-bond acceptors (Lipinski definition) is 4. The Bertz CT molecular complexity index is 585. The monoisotopic (exact) mass is 391 g/mol. The minimum absolute atomic E-state index is 0.00654. The fourth-order valence-electron chi connectivity index (χ4n) is 1.67. The number of nitrogens with two attached hydrogens (primary N) is 1. The minimum Gasteiger partial charge on any atom is -0.397 e. The summed E-state index contributed by atoms with van der Waals surface area (Å²) < 4.78 is 14.1. The summed E-state index contributed by atoms with van der Waals surface area (Å²) in [6, 6.07) is 3.07. The first kappa shape index (κ1) is 14.5. The van der Waals surface area contributed by atoms with Gasteiger partial charge in [0, 0.05) is 17.1 Å². The summed E-state index contributed by atoms with van der Waals surface area (Å²) in [5.41, 5.74) is 7.05. The van der Waals surface area contributed by atoms with Gasteiger partial charge in [0.15, 0.2) is 0 Å². The van der Waals surface area contributed by atoms with E-state index in [4.69, 9.17) is 5.73 Å². The van der Waals surface area contributed by atoms with E-state index in [1.54, 1.807) is 17.4 Å². The summed E-state index contributed by atoms with van der Waals surface area (Å²) in [5.74, 6) is -0.266. The molecule has 6 heteroatoms. The third-order valence-electron chi connectivity index (χ3n) is 2.75. The Kier molecular flexibility index (Phi) is 4.62. The first-order chi connectivity index (χ1) is 9.01. The summed E-state index contributed by atoms with van der Waals surface area (Å²) in [5, 5.41) is 4.19. The van der Waals surface area contributed by atoms with E-state index in [1.165, 1.54) is 10.9 Å². The molecule has 0 radical (unpaired) electrons. The zero-order chi connectivity index (χ0) is 14.0. The van der Waals surface area contributed by atoms with Crippen LogP contribution in [0.2, 0.25) is 0 Å². The summed E-state index contributed by atoms with van der Waals surface area (Å²) in [6.45, 7) is 4.09. The molecule has 2 aromatic rings. The molecule has 1 aromatic carbocycles. The first-order valence-electron chi connectivity index (χ1n) is 5.97. The molecule has 0 aliphatic rings. The number of rotatable bonds is 4. The lowest BCUT2D eigenvalue weighted by atomic mass is 10.2. The molecule has 0 amide bonds. The summed E-state index contributed by atoms with van der Waals surface area (Å²) >= 11 is 3.59. The third-order valence-corrected chi connectivity index (χ3v) is 4.91. The number of nitrogens with one attached hydrogen (secondary N) is 1. The van der Waals surface area contributed by atoms with Crippen molar-refractivity contribution < 1.29 is 4.39 Å². The Morgan fingerprint density at radius 1 is 1.53 bits per heavy atom. The second-order valence-corrected chi connectivity index (χ2v) is 6.55. The summed E-state index contributed by atoms with van der Waals surface area (Å²) in [7, 11) is 0. The average Bonchev–Trinajstić information content (AvgIpc) is 2.84. The van der Waals surface area contributed by atoms with Crippen LogP contribution in [0.3, 0.4) is 0 Å². The van der Waals surface area contributed by atoms with Gasteiger partial charge in [0.2, 0.25) is 0 Å². The molecule has 1 unspecified atom stereocenters. The van der Waals surface area contributed by atoms with Crippen molar-refractivity contribution in [1.82, 2.24) is 4.98 Å². The smallest absolute Gasteiger partial charge is 0.138 e. The van der Waals surface area contributed by atoms with Crippen molar-refractivity contribution in [1.29, 1.82) is 0 Å². The van der Waals surface area contributed by atoms with Crippen LogP contribution in [0.4, 0.5) is 15.8 Å². The van der Waals surface area contributed by atoms with Crippen molar-refractivity contribution in [3.05, 3.63) is 37.6 Å². The molecule has 3 nitrogen and oxygen atoms in total. The maximum Gasteiger partial charge on any atom is 0.138 e. The zero-order valence-corrected chi connectivity index (χ0v) is 13.7. The number of thiazole rings is 1. The fourth-order valence-corrected chi connectivity index (χ4v) is 3.02. The van der Waals surface area contributed by atoms with E-state index in [0.29, 0.717) is 14.9 Å². The minimum atomic E-state index is -0.266. The molecule has 1 aromatic heterocycles. The summed E-state index contributed by atoms with van der Waals surface area (Å²) in [6.07, 6.45) is 2.86. The predicted octanol–water partition coefficient (Wildman–Crippen LogP) is 4.20. The molecule has 0 aliphatic heterocycles. The second kappa shape index (κ2) is 6.04. The van der Waals surface area contributed by atoms with Gasteiger partial charge in [0.25, 0.3) is 0 Å². The first-order valence-corrected chi connectivity index (χ1v) is 7.86. The van der Waals surface area contributed by atoms with Crippen LogP contribution in [0.5, 0.6) is 0 Å². The Labute approximate surface area is 129 Å². The van der Waals surface area contributed by atoms with Crippen molar-refractivity contribution in [2.24, 2.45) is 0 Å². The Morgan fingerprint density at radius 3 is 2.89 bits per heavy atom. The predicted molar refractivity (Wildman–Crippen MR) is 87.1 cm³/mol. The molecule has 0 saturated heterocycles. The van der Waals surface area contributed by atoms with Crippen LogP contribution in [-0.2, 0) is 6.42 Å². The molecule has 19 heavy (non-hydrogen) atoms. The Hall–Kier alpha value is -0.890. The topological polar surface area (TPSA) is 50.9 Å². The van der Waals surface area contributed by atoms with Gasteiger partial charge in [0.1, 0.15) is 10.8 Å². The zero-order valence-electron chi connectivity index (χ0n) is 10.7. The van der Waals surface area contributed by atoms with Crippen LogP contribution in [0.25, 0.3) is 0 Å². The SMILES string of the molecule is CCc1cnc(C(C)Nc2cc(F)c(I)cc2N)s1. The number of halogens is 2. The summed E-state index contributed by atoms with van der Waals surface area (Å²) in [4.78, 5) is 5.61. The molecular weight excluding hydrogens is 376 g/mol.